The lowest BCUT2D eigenvalue weighted by atomic mass is 10.2. The molecule has 4 aromatic rings. The van der Waals surface area contributed by atoms with Crippen molar-refractivity contribution in [2.75, 3.05) is 5.32 Å². The minimum Gasteiger partial charge on any atom is -0.349 e. The Labute approximate surface area is 126 Å². The van der Waals surface area contributed by atoms with E-state index in [1.54, 1.807) is 18.5 Å². The van der Waals surface area contributed by atoms with E-state index in [4.69, 9.17) is 0 Å². The molecule has 0 aliphatic rings. The highest BCUT2D eigenvalue weighted by Crippen LogP contribution is 2.21. The van der Waals surface area contributed by atoms with Crippen molar-refractivity contribution < 1.29 is 4.79 Å². The normalized spacial score (nSPS) is 10.9. The fourth-order valence-corrected chi connectivity index (χ4v) is 2.47. The first-order valence-corrected chi connectivity index (χ1v) is 6.90. The smallest absolute Gasteiger partial charge is 0.272 e. The number of fused-ring (bicyclic) bond motifs is 2. The maximum Gasteiger partial charge on any atom is 0.272 e. The van der Waals surface area contributed by atoms with Crippen LogP contribution < -0.4 is 5.32 Å². The lowest BCUT2D eigenvalue weighted by Gasteiger charge is -2.06. The Morgan fingerprint density at radius 2 is 1.82 bits per heavy atom. The molecule has 3 heterocycles. The SMILES string of the molecule is O=C(Nc1cccc2cccnc12)c1cc2ncccc2[nH]1. The third kappa shape index (κ3) is 2.09. The summed E-state index contributed by atoms with van der Waals surface area (Å²) in [6, 6.07) is 15.0. The van der Waals surface area contributed by atoms with E-state index in [9.17, 15) is 4.79 Å². The van der Waals surface area contributed by atoms with E-state index in [0.717, 1.165) is 21.9 Å². The summed E-state index contributed by atoms with van der Waals surface area (Å²) in [6.45, 7) is 0. The van der Waals surface area contributed by atoms with Crippen LogP contribution >= 0.6 is 0 Å². The Kier molecular flexibility index (Phi) is 2.83. The number of aromatic amines is 1. The molecule has 0 unspecified atom stereocenters. The number of aromatic nitrogens is 3. The molecule has 0 saturated heterocycles. The molecule has 1 aromatic carbocycles. The van der Waals surface area contributed by atoms with Gasteiger partial charge in [0.2, 0.25) is 0 Å². The van der Waals surface area contributed by atoms with E-state index in [1.807, 2.05) is 42.5 Å². The molecule has 0 aliphatic heterocycles. The fraction of sp³-hybridized carbons (Fsp3) is 0. The zero-order chi connectivity index (χ0) is 14.9. The number of para-hydroxylation sites is 1. The molecule has 0 bridgehead atoms. The number of rotatable bonds is 2. The average molecular weight is 288 g/mol. The van der Waals surface area contributed by atoms with Crippen LogP contribution in [0, 0.1) is 0 Å². The molecular formula is C17H12N4O. The minimum absolute atomic E-state index is 0.212. The van der Waals surface area contributed by atoms with Crippen LogP contribution in [-0.4, -0.2) is 20.9 Å². The quantitative estimate of drug-likeness (QED) is 0.594. The van der Waals surface area contributed by atoms with Gasteiger partial charge < -0.3 is 10.3 Å². The standard InChI is InChI=1S/C17H12N4O/c22-17(15-10-14-12(20-15)7-3-8-18-14)21-13-6-1-4-11-5-2-9-19-16(11)13/h1-10,20H,(H,21,22). The second kappa shape index (κ2) is 4.96. The van der Waals surface area contributed by atoms with Crippen molar-refractivity contribution in [1.82, 2.24) is 15.0 Å². The molecule has 106 valence electrons. The Morgan fingerprint density at radius 1 is 1.00 bits per heavy atom. The number of anilines is 1. The van der Waals surface area contributed by atoms with Gasteiger partial charge in [0.05, 0.1) is 22.2 Å². The highest BCUT2D eigenvalue weighted by atomic mass is 16.1. The van der Waals surface area contributed by atoms with Crippen LogP contribution in [0.3, 0.4) is 0 Å². The number of pyridine rings is 2. The van der Waals surface area contributed by atoms with Gasteiger partial charge in [-0.3, -0.25) is 14.8 Å². The zero-order valence-corrected chi connectivity index (χ0v) is 11.6. The molecule has 0 saturated carbocycles. The van der Waals surface area contributed by atoms with Gasteiger partial charge in [-0.2, -0.15) is 0 Å². The largest absolute Gasteiger partial charge is 0.349 e. The van der Waals surface area contributed by atoms with Crippen molar-refractivity contribution in [3.63, 3.8) is 0 Å². The molecule has 0 atom stereocenters. The van der Waals surface area contributed by atoms with Crippen molar-refractivity contribution in [3.05, 3.63) is 66.6 Å². The number of carbonyl (C=O) groups is 1. The number of hydrogen-bond donors (Lipinski definition) is 2. The van der Waals surface area contributed by atoms with Gasteiger partial charge in [0.15, 0.2) is 0 Å². The third-order valence-electron chi connectivity index (χ3n) is 3.51. The molecule has 0 aliphatic carbocycles. The van der Waals surface area contributed by atoms with Crippen LogP contribution in [0.2, 0.25) is 0 Å². The first-order chi connectivity index (χ1) is 10.8. The fourth-order valence-electron chi connectivity index (χ4n) is 2.47. The van der Waals surface area contributed by atoms with E-state index in [0.29, 0.717) is 11.4 Å². The van der Waals surface area contributed by atoms with Crippen LogP contribution in [0.5, 0.6) is 0 Å². The Hall–Kier alpha value is -3.21. The van der Waals surface area contributed by atoms with Gasteiger partial charge in [0.25, 0.3) is 5.91 Å². The molecule has 2 N–H and O–H groups in total. The number of H-pyrrole nitrogens is 1. The maximum atomic E-state index is 12.4. The van der Waals surface area contributed by atoms with Gasteiger partial charge in [-0.25, -0.2) is 0 Å². The summed E-state index contributed by atoms with van der Waals surface area (Å²) < 4.78 is 0. The number of hydrogen-bond acceptors (Lipinski definition) is 3. The van der Waals surface area contributed by atoms with E-state index >= 15 is 0 Å². The van der Waals surface area contributed by atoms with Crippen molar-refractivity contribution in [1.29, 1.82) is 0 Å². The second-order valence-electron chi connectivity index (χ2n) is 4.95. The number of nitrogens with zero attached hydrogens (tertiary/aromatic N) is 2. The van der Waals surface area contributed by atoms with Crippen molar-refractivity contribution in [2.45, 2.75) is 0 Å². The molecule has 4 rings (SSSR count). The summed E-state index contributed by atoms with van der Waals surface area (Å²) in [5.41, 5.74) is 3.54. The summed E-state index contributed by atoms with van der Waals surface area (Å²) in [6.07, 6.45) is 3.41. The first kappa shape index (κ1) is 12.5. The number of amides is 1. The van der Waals surface area contributed by atoms with Crippen molar-refractivity contribution in [3.8, 4) is 0 Å². The Bertz CT molecular complexity index is 952. The molecule has 0 radical (unpaired) electrons. The lowest BCUT2D eigenvalue weighted by molar-refractivity contribution is 0.102. The molecule has 1 amide bonds. The van der Waals surface area contributed by atoms with Crippen molar-refractivity contribution in [2.24, 2.45) is 0 Å². The molecule has 0 spiro atoms. The van der Waals surface area contributed by atoms with E-state index < -0.39 is 0 Å². The maximum absolute atomic E-state index is 12.4. The minimum atomic E-state index is -0.212. The topological polar surface area (TPSA) is 70.7 Å². The second-order valence-corrected chi connectivity index (χ2v) is 4.95. The van der Waals surface area contributed by atoms with Crippen LogP contribution in [0.1, 0.15) is 10.5 Å². The summed E-state index contributed by atoms with van der Waals surface area (Å²) in [4.78, 5) is 24.0. The van der Waals surface area contributed by atoms with Gasteiger partial charge in [-0.15, -0.1) is 0 Å². The van der Waals surface area contributed by atoms with Gasteiger partial charge in [0, 0.05) is 17.8 Å². The number of carbonyl (C=O) groups excluding carboxylic acids is 1. The van der Waals surface area contributed by atoms with E-state index in [2.05, 4.69) is 20.3 Å². The number of nitrogens with one attached hydrogen (secondary N) is 2. The third-order valence-corrected chi connectivity index (χ3v) is 3.51. The summed E-state index contributed by atoms with van der Waals surface area (Å²) in [7, 11) is 0. The van der Waals surface area contributed by atoms with E-state index in [-0.39, 0.29) is 5.91 Å². The first-order valence-electron chi connectivity index (χ1n) is 6.90. The van der Waals surface area contributed by atoms with Gasteiger partial charge in [-0.1, -0.05) is 18.2 Å². The van der Waals surface area contributed by atoms with Crippen LogP contribution in [-0.2, 0) is 0 Å². The molecule has 22 heavy (non-hydrogen) atoms. The zero-order valence-electron chi connectivity index (χ0n) is 11.6. The summed E-state index contributed by atoms with van der Waals surface area (Å²) >= 11 is 0. The van der Waals surface area contributed by atoms with Crippen LogP contribution in [0.4, 0.5) is 5.69 Å². The monoisotopic (exact) mass is 288 g/mol. The summed E-state index contributed by atoms with van der Waals surface area (Å²) in [5, 5.41) is 3.89. The lowest BCUT2D eigenvalue weighted by Crippen LogP contribution is -2.12. The molecular weight excluding hydrogens is 276 g/mol. The van der Waals surface area contributed by atoms with Gasteiger partial charge in [-0.05, 0) is 30.3 Å². The summed E-state index contributed by atoms with van der Waals surface area (Å²) in [5.74, 6) is -0.212. The highest BCUT2D eigenvalue weighted by molar-refractivity contribution is 6.08. The van der Waals surface area contributed by atoms with Crippen LogP contribution in [0.25, 0.3) is 21.9 Å². The van der Waals surface area contributed by atoms with Gasteiger partial charge >= 0.3 is 0 Å². The highest BCUT2D eigenvalue weighted by Gasteiger charge is 2.12. The molecule has 5 nitrogen and oxygen atoms in total. The van der Waals surface area contributed by atoms with Crippen LogP contribution in [0.15, 0.2) is 60.9 Å². The van der Waals surface area contributed by atoms with E-state index in [1.165, 1.54) is 0 Å². The molecule has 0 fully saturated rings. The Morgan fingerprint density at radius 3 is 2.73 bits per heavy atom. The average Bonchev–Trinajstić information content (AvgIpc) is 2.99. The predicted molar refractivity (Wildman–Crippen MR) is 85.8 cm³/mol. The van der Waals surface area contributed by atoms with Gasteiger partial charge in [0.1, 0.15) is 5.69 Å². The number of benzene rings is 1. The molecule has 3 aromatic heterocycles. The van der Waals surface area contributed by atoms with Crippen molar-refractivity contribution >= 4 is 33.5 Å². The molecule has 5 heteroatoms. The predicted octanol–water partition coefficient (Wildman–Crippen LogP) is 3.36. The Balaban J connectivity index is 1.71.